The van der Waals surface area contributed by atoms with Crippen molar-refractivity contribution >= 4 is 29.0 Å². The molecule has 0 aliphatic heterocycles. The second kappa shape index (κ2) is 7.16. The monoisotopic (exact) mass is 291 g/mol. The largest absolute Gasteiger partial charge is 0.486 e. The fourth-order valence-corrected chi connectivity index (χ4v) is 2.32. The van der Waals surface area contributed by atoms with E-state index in [0.717, 1.165) is 11.4 Å². The van der Waals surface area contributed by atoms with Gasteiger partial charge in [-0.1, -0.05) is 17.8 Å². The number of rotatable bonds is 5. The van der Waals surface area contributed by atoms with Crippen LogP contribution in [-0.2, 0) is 4.74 Å². The van der Waals surface area contributed by atoms with E-state index < -0.39 is 0 Å². The van der Waals surface area contributed by atoms with Gasteiger partial charge in [0.15, 0.2) is 10.2 Å². The first-order valence-electron chi connectivity index (χ1n) is 5.82. The molecule has 6 heteroatoms. The van der Waals surface area contributed by atoms with Crippen molar-refractivity contribution < 1.29 is 4.74 Å². The first-order chi connectivity index (χ1) is 9.29. The minimum Gasteiger partial charge on any atom is -0.486 e. The maximum atomic E-state index is 5.22. The number of thioether (sulfide) groups is 1. The smallest absolute Gasteiger partial charge is 0.188 e. The second-order valence-electron chi connectivity index (χ2n) is 3.53. The van der Waals surface area contributed by atoms with E-state index in [1.165, 1.54) is 11.8 Å². The molecule has 2 aromatic rings. The summed E-state index contributed by atoms with van der Waals surface area (Å²) in [7, 11) is 0. The number of hydrogen-bond donors (Lipinski definition) is 0. The zero-order valence-electron chi connectivity index (χ0n) is 10.4. The summed E-state index contributed by atoms with van der Waals surface area (Å²) in [5.74, 6) is 0.578. The average molecular weight is 291 g/mol. The average Bonchev–Trinajstić information content (AvgIpc) is 2.47. The molecule has 0 saturated carbocycles. The van der Waals surface area contributed by atoms with Crippen molar-refractivity contribution in [2.24, 2.45) is 0 Å². The minimum atomic E-state index is 0.569. The topological polar surface area (TPSA) is 47.9 Å². The van der Waals surface area contributed by atoms with Gasteiger partial charge in [-0.15, -0.1) is 0 Å². The van der Waals surface area contributed by atoms with Gasteiger partial charge in [-0.25, -0.2) is 9.97 Å². The summed E-state index contributed by atoms with van der Waals surface area (Å²) in [6.45, 7) is 2.50. The molecule has 2 heterocycles. The lowest BCUT2D eigenvalue weighted by Gasteiger charge is -2.04. The summed E-state index contributed by atoms with van der Waals surface area (Å²) in [6, 6.07) is 7.57. The molecule has 0 atom stereocenters. The van der Waals surface area contributed by atoms with E-state index in [1.54, 1.807) is 12.4 Å². The van der Waals surface area contributed by atoms with Gasteiger partial charge in [0, 0.05) is 12.4 Å². The predicted octanol–water partition coefficient (Wildman–Crippen LogP) is 2.99. The molecule has 4 nitrogen and oxygen atoms in total. The maximum Gasteiger partial charge on any atom is 0.188 e. The Hall–Kier alpha value is -1.53. The van der Waals surface area contributed by atoms with Crippen molar-refractivity contribution in [3.05, 3.63) is 36.7 Å². The molecule has 0 amide bonds. The number of thiocarbonyl (C=S) groups is 1. The Morgan fingerprint density at radius 2 is 2.11 bits per heavy atom. The van der Waals surface area contributed by atoms with Gasteiger partial charge in [-0.05, 0) is 37.3 Å². The van der Waals surface area contributed by atoms with Crippen LogP contribution in [0.2, 0.25) is 0 Å². The molecule has 0 saturated heterocycles. The number of aromatic nitrogens is 3. The van der Waals surface area contributed by atoms with Gasteiger partial charge < -0.3 is 4.74 Å². The number of hydrogen-bond acceptors (Lipinski definition) is 6. The highest BCUT2D eigenvalue weighted by molar-refractivity contribution is 8.00. The van der Waals surface area contributed by atoms with Gasteiger partial charge in [0.2, 0.25) is 0 Å². The van der Waals surface area contributed by atoms with Crippen LogP contribution in [0, 0.1) is 0 Å². The van der Waals surface area contributed by atoms with E-state index >= 15 is 0 Å². The molecule has 0 aliphatic rings. The summed E-state index contributed by atoms with van der Waals surface area (Å²) in [5.41, 5.74) is 1.64. The van der Waals surface area contributed by atoms with Gasteiger partial charge in [0.05, 0.1) is 23.7 Å². The van der Waals surface area contributed by atoms with Crippen molar-refractivity contribution in [2.45, 2.75) is 12.1 Å². The summed E-state index contributed by atoms with van der Waals surface area (Å²) in [6.07, 6.45) is 3.47. The standard InChI is InChI=1S/C13H13N3OS2/c1-2-17-12(18)9-19-13-15-8-6-11(16-13)10-5-3-4-7-14-10/h3-8H,2,9H2,1H3. The third-order valence-electron chi connectivity index (χ3n) is 2.19. The SMILES string of the molecule is CCOC(=S)CSc1nccc(-c2ccccn2)n1. The quantitative estimate of drug-likeness (QED) is 0.479. The third-order valence-corrected chi connectivity index (χ3v) is 3.49. The zero-order valence-corrected chi connectivity index (χ0v) is 12.1. The molecule has 0 spiro atoms. The predicted molar refractivity (Wildman–Crippen MR) is 80.2 cm³/mol. The van der Waals surface area contributed by atoms with E-state index in [2.05, 4.69) is 15.0 Å². The van der Waals surface area contributed by atoms with Crippen LogP contribution in [0.25, 0.3) is 11.4 Å². The van der Waals surface area contributed by atoms with Gasteiger partial charge >= 0.3 is 0 Å². The molecule has 0 aliphatic carbocycles. The molecule has 2 rings (SSSR count). The second-order valence-corrected chi connectivity index (χ2v) is 4.93. The van der Waals surface area contributed by atoms with Crippen molar-refractivity contribution in [1.29, 1.82) is 0 Å². The molecule has 0 N–H and O–H groups in total. The van der Waals surface area contributed by atoms with Crippen molar-refractivity contribution in [1.82, 2.24) is 15.0 Å². The highest BCUT2D eigenvalue weighted by atomic mass is 32.2. The summed E-state index contributed by atoms with van der Waals surface area (Å²) < 4.78 is 5.22. The summed E-state index contributed by atoms with van der Waals surface area (Å²) in [4.78, 5) is 12.9. The maximum absolute atomic E-state index is 5.22. The zero-order chi connectivity index (χ0) is 13.5. The molecule has 98 valence electrons. The third kappa shape index (κ3) is 4.25. The molecule has 2 aromatic heterocycles. The van der Waals surface area contributed by atoms with Crippen molar-refractivity contribution in [2.75, 3.05) is 12.4 Å². The van der Waals surface area contributed by atoms with E-state index in [-0.39, 0.29) is 0 Å². The fraction of sp³-hybridized carbons (Fsp3) is 0.231. The molecule has 0 fully saturated rings. The Morgan fingerprint density at radius 3 is 2.84 bits per heavy atom. The van der Waals surface area contributed by atoms with Gasteiger partial charge in [-0.3, -0.25) is 4.98 Å². The molecular weight excluding hydrogens is 278 g/mol. The summed E-state index contributed by atoms with van der Waals surface area (Å²) in [5, 5.41) is 1.24. The molecular formula is C13H13N3OS2. The Bertz CT molecular complexity index is 549. The first-order valence-corrected chi connectivity index (χ1v) is 7.22. The van der Waals surface area contributed by atoms with E-state index in [0.29, 0.717) is 22.6 Å². The van der Waals surface area contributed by atoms with Crippen LogP contribution >= 0.6 is 24.0 Å². The molecule has 19 heavy (non-hydrogen) atoms. The Labute approximate surface area is 121 Å². The molecule has 0 aromatic carbocycles. The highest BCUT2D eigenvalue weighted by Gasteiger charge is 2.05. The number of ether oxygens (including phenoxy) is 1. The van der Waals surface area contributed by atoms with Gasteiger partial charge in [-0.2, -0.15) is 0 Å². The van der Waals surface area contributed by atoms with Crippen LogP contribution in [0.3, 0.4) is 0 Å². The molecule has 0 bridgehead atoms. The molecule has 0 radical (unpaired) electrons. The summed E-state index contributed by atoms with van der Waals surface area (Å²) >= 11 is 6.53. The lowest BCUT2D eigenvalue weighted by Crippen LogP contribution is -2.04. The van der Waals surface area contributed by atoms with Crippen LogP contribution in [0.15, 0.2) is 41.8 Å². The van der Waals surface area contributed by atoms with Crippen molar-refractivity contribution in [3.63, 3.8) is 0 Å². The Kier molecular flexibility index (Phi) is 5.23. The highest BCUT2D eigenvalue weighted by Crippen LogP contribution is 2.18. The number of pyridine rings is 1. The van der Waals surface area contributed by atoms with E-state index in [1.807, 2.05) is 31.2 Å². The van der Waals surface area contributed by atoms with Crippen molar-refractivity contribution in [3.8, 4) is 11.4 Å². The van der Waals surface area contributed by atoms with Crippen LogP contribution in [0.4, 0.5) is 0 Å². The van der Waals surface area contributed by atoms with Gasteiger partial charge in [0.25, 0.3) is 0 Å². The van der Waals surface area contributed by atoms with E-state index in [9.17, 15) is 0 Å². The normalized spacial score (nSPS) is 10.2. The molecule has 0 unspecified atom stereocenters. The minimum absolute atomic E-state index is 0.569. The van der Waals surface area contributed by atoms with Crippen LogP contribution in [0.1, 0.15) is 6.92 Å². The number of nitrogens with zero attached hydrogens (tertiary/aromatic N) is 3. The lowest BCUT2D eigenvalue weighted by atomic mass is 10.3. The van der Waals surface area contributed by atoms with Gasteiger partial charge in [0.1, 0.15) is 0 Å². The van der Waals surface area contributed by atoms with Crippen LogP contribution in [0.5, 0.6) is 0 Å². The Balaban J connectivity index is 2.06. The van der Waals surface area contributed by atoms with Crippen LogP contribution in [-0.4, -0.2) is 32.4 Å². The Morgan fingerprint density at radius 1 is 1.21 bits per heavy atom. The van der Waals surface area contributed by atoms with E-state index in [4.69, 9.17) is 17.0 Å². The van der Waals surface area contributed by atoms with Crippen LogP contribution < -0.4 is 0 Å². The fourth-order valence-electron chi connectivity index (χ4n) is 1.39. The lowest BCUT2D eigenvalue weighted by molar-refractivity contribution is 0.335. The first kappa shape index (κ1) is 13.9.